The zero-order valence-corrected chi connectivity index (χ0v) is 12.1. The van der Waals surface area contributed by atoms with Gasteiger partial charge in [0, 0.05) is 37.9 Å². The quantitative estimate of drug-likeness (QED) is 0.775. The summed E-state index contributed by atoms with van der Waals surface area (Å²) in [6.45, 7) is 10.8. The molecule has 0 bridgehead atoms. The van der Waals surface area contributed by atoms with E-state index in [1.165, 1.54) is 0 Å². The molecule has 0 saturated carbocycles. The summed E-state index contributed by atoms with van der Waals surface area (Å²) in [7, 11) is 0. The van der Waals surface area contributed by atoms with Crippen molar-refractivity contribution in [1.29, 1.82) is 5.26 Å². The van der Waals surface area contributed by atoms with E-state index in [0.29, 0.717) is 5.56 Å². The van der Waals surface area contributed by atoms with Crippen molar-refractivity contribution in [2.45, 2.75) is 32.7 Å². The van der Waals surface area contributed by atoms with E-state index >= 15 is 0 Å². The molecule has 0 atom stereocenters. The molecule has 0 radical (unpaired) electrons. The van der Waals surface area contributed by atoms with Gasteiger partial charge >= 0.3 is 0 Å². The van der Waals surface area contributed by atoms with E-state index in [1.54, 1.807) is 6.20 Å². The third-order valence-corrected chi connectivity index (χ3v) is 3.65. The average Bonchev–Trinajstić information content (AvgIpc) is 2.64. The first kappa shape index (κ1) is 13.8. The van der Waals surface area contributed by atoms with Crippen molar-refractivity contribution in [2.24, 2.45) is 0 Å². The molecular weight excluding hydrogens is 236 g/mol. The van der Waals surface area contributed by atoms with Gasteiger partial charge < -0.3 is 4.90 Å². The summed E-state index contributed by atoms with van der Waals surface area (Å²) in [5.74, 6) is 0.834. The first-order chi connectivity index (χ1) is 9.02. The standard InChI is InChI=1S/C15H22N4/c1-15(2,3)19-9-5-8-18(10-11-19)14-13(12-16)6-4-7-17-14/h4,6-7H,5,8-11H2,1-3H3. The summed E-state index contributed by atoms with van der Waals surface area (Å²) in [4.78, 5) is 9.13. The minimum absolute atomic E-state index is 0.207. The van der Waals surface area contributed by atoms with Crippen molar-refractivity contribution >= 4 is 5.82 Å². The Morgan fingerprint density at radius 3 is 2.68 bits per heavy atom. The van der Waals surface area contributed by atoms with Gasteiger partial charge in [-0.05, 0) is 39.3 Å². The van der Waals surface area contributed by atoms with Crippen LogP contribution in [0, 0.1) is 11.3 Å². The second kappa shape index (κ2) is 5.58. The fourth-order valence-corrected chi connectivity index (χ4v) is 2.54. The van der Waals surface area contributed by atoms with Crippen molar-refractivity contribution in [3.63, 3.8) is 0 Å². The van der Waals surface area contributed by atoms with Crippen LogP contribution in [0.3, 0.4) is 0 Å². The molecule has 0 spiro atoms. The van der Waals surface area contributed by atoms with Crippen LogP contribution in [0.5, 0.6) is 0 Å². The van der Waals surface area contributed by atoms with Crippen molar-refractivity contribution in [3.05, 3.63) is 23.9 Å². The van der Waals surface area contributed by atoms with Crippen LogP contribution >= 0.6 is 0 Å². The molecule has 19 heavy (non-hydrogen) atoms. The molecule has 0 N–H and O–H groups in total. The summed E-state index contributed by atoms with van der Waals surface area (Å²) >= 11 is 0. The normalized spacial score (nSPS) is 17.9. The molecule has 4 nitrogen and oxygen atoms in total. The van der Waals surface area contributed by atoms with Gasteiger partial charge in [0.25, 0.3) is 0 Å². The average molecular weight is 258 g/mol. The van der Waals surface area contributed by atoms with E-state index in [-0.39, 0.29) is 5.54 Å². The Morgan fingerprint density at radius 1 is 1.21 bits per heavy atom. The molecular formula is C15H22N4. The van der Waals surface area contributed by atoms with E-state index in [2.05, 4.69) is 41.6 Å². The second-order valence-corrected chi connectivity index (χ2v) is 5.98. The van der Waals surface area contributed by atoms with Gasteiger partial charge in [-0.2, -0.15) is 5.26 Å². The lowest BCUT2D eigenvalue weighted by Crippen LogP contribution is -2.43. The Labute approximate surface area is 115 Å². The van der Waals surface area contributed by atoms with Crippen LogP contribution in [-0.2, 0) is 0 Å². The first-order valence-electron chi connectivity index (χ1n) is 6.87. The number of nitriles is 1. The molecule has 0 amide bonds. The molecule has 1 aliphatic heterocycles. The molecule has 0 unspecified atom stereocenters. The topological polar surface area (TPSA) is 43.2 Å². The van der Waals surface area contributed by atoms with Gasteiger partial charge in [0.15, 0.2) is 0 Å². The molecule has 1 aliphatic rings. The lowest BCUT2D eigenvalue weighted by Gasteiger charge is -2.34. The summed E-state index contributed by atoms with van der Waals surface area (Å²) < 4.78 is 0. The predicted molar refractivity (Wildman–Crippen MR) is 77.1 cm³/mol. The maximum absolute atomic E-state index is 9.17. The van der Waals surface area contributed by atoms with Crippen molar-refractivity contribution in [3.8, 4) is 6.07 Å². The van der Waals surface area contributed by atoms with Gasteiger partial charge in [0.2, 0.25) is 0 Å². The zero-order chi connectivity index (χ0) is 13.9. The highest BCUT2D eigenvalue weighted by Gasteiger charge is 2.25. The third kappa shape index (κ3) is 3.24. The molecule has 0 aliphatic carbocycles. The summed E-state index contributed by atoms with van der Waals surface area (Å²) in [6.07, 6.45) is 2.88. The van der Waals surface area contributed by atoms with Crippen LogP contribution in [0.2, 0.25) is 0 Å². The highest BCUT2D eigenvalue weighted by Crippen LogP contribution is 2.21. The Balaban J connectivity index is 2.14. The minimum Gasteiger partial charge on any atom is -0.354 e. The Hall–Kier alpha value is -1.60. The fourth-order valence-electron chi connectivity index (χ4n) is 2.54. The number of anilines is 1. The molecule has 1 aromatic heterocycles. The number of hydrogen-bond donors (Lipinski definition) is 0. The summed E-state index contributed by atoms with van der Waals surface area (Å²) in [6, 6.07) is 5.90. The van der Waals surface area contributed by atoms with E-state index in [9.17, 15) is 5.26 Å². The van der Waals surface area contributed by atoms with Crippen molar-refractivity contribution in [2.75, 3.05) is 31.1 Å². The molecule has 1 aromatic rings. The number of rotatable bonds is 1. The van der Waals surface area contributed by atoms with Crippen molar-refractivity contribution < 1.29 is 0 Å². The van der Waals surface area contributed by atoms with Crippen LogP contribution in [0.4, 0.5) is 5.82 Å². The molecule has 0 aromatic carbocycles. The highest BCUT2D eigenvalue weighted by atomic mass is 15.3. The first-order valence-corrected chi connectivity index (χ1v) is 6.87. The third-order valence-electron chi connectivity index (χ3n) is 3.65. The number of pyridine rings is 1. The summed E-state index contributed by atoms with van der Waals surface area (Å²) in [5, 5.41) is 9.17. The van der Waals surface area contributed by atoms with Crippen LogP contribution in [0.25, 0.3) is 0 Å². The molecule has 2 rings (SSSR count). The Morgan fingerprint density at radius 2 is 2.00 bits per heavy atom. The van der Waals surface area contributed by atoms with Gasteiger partial charge in [0.05, 0.1) is 5.56 Å². The number of aromatic nitrogens is 1. The van der Waals surface area contributed by atoms with E-state index in [1.807, 2.05) is 12.1 Å². The number of hydrogen-bond acceptors (Lipinski definition) is 4. The van der Waals surface area contributed by atoms with Crippen LogP contribution in [0.15, 0.2) is 18.3 Å². The van der Waals surface area contributed by atoms with E-state index in [4.69, 9.17) is 0 Å². The fraction of sp³-hybridized carbons (Fsp3) is 0.600. The minimum atomic E-state index is 0.207. The SMILES string of the molecule is CC(C)(C)N1CCCN(c2ncccc2C#N)CC1. The molecule has 4 heteroatoms. The lowest BCUT2D eigenvalue weighted by molar-refractivity contribution is 0.148. The second-order valence-electron chi connectivity index (χ2n) is 5.98. The largest absolute Gasteiger partial charge is 0.354 e. The monoisotopic (exact) mass is 258 g/mol. The maximum Gasteiger partial charge on any atom is 0.146 e. The molecule has 102 valence electrons. The van der Waals surface area contributed by atoms with Gasteiger partial charge in [0.1, 0.15) is 11.9 Å². The Kier molecular flexibility index (Phi) is 4.06. The smallest absolute Gasteiger partial charge is 0.146 e. The molecule has 1 saturated heterocycles. The predicted octanol–water partition coefficient (Wildman–Crippen LogP) is 2.26. The van der Waals surface area contributed by atoms with Crippen molar-refractivity contribution in [1.82, 2.24) is 9.88 Å². The summed E-state index contributed by atoms with van der Waals surface area (Å²) in [5.41, 5.74) is 0.879. The Bertz CT molecular complexity index is 470. The lowest BCUT2D eigenvalue weighted by atomic mass is 10.1. The maximum atomic E-state index is 9.17. The molecule has 1 fully saturated rings. The number of nitrogens with zero attached hydrogens (tertiary/aromatic N) is 4. The van der Waals surface area contributed by atoms with Gasteiger partial charge in [-0.3, -0.25) is 4.90 Å². The van der Waals surface area contributed by atoms with Gasteiger partial charge in [-0.15, -0.1) is 0 Å². The van der Waals surface area contributed by atoms with E-state index in [0.717, 1.165) is 38.4 Å². The van der Waals surface area contributed by atoms with Crippen LogP contribution in [0.1, 0.15) is 32.8 Å². The van der Waals surface area contributed by atoms with Gasteiger partial charge in [-0.1, -0.05) is 0 Å². The highest BCUT2D eigenvalue weighted by molar-refractivity contribution is 5.53. The zero-order valence-electron chi connectivity index (χ0n) is 12.1. The van der Waals surface area contributed by atoms with E-state index < -0.39 is 0 Å². The van der Waals surface area contributed by atoms with Crippen LogP contribution < -0.4 is 4.90 Å². The molecule has 2 heterocycles. The van der Waals surface area contributed by atoms with Gasteiger partial charge in [-0.25, -0.2) is 4.98 Å². The van der Waals surface area contributed by atoms with Crippen LogP contribution in [-0.4, -0.2) is 41.6 Å².